The molecule has 0 radical (unpaired) electrons. The summed E-state index contributed by atoms with van der Waals surface area (Å²) in [5.74, 6) is 0. The van der Waals surface area contributed by atoms with Crippen LogP contribution in [0.2, 0.25) is 0 Å². The van der Waals surface area contributed by atoms with E-state index in [9.17, 15) is 0 Å². The van der Waals surface area contributed by atoms with Gasteiger partial charge in [0.25, 0.3) is 0 Å². The number of benzene rings is 1. The zero-order valence-electron chi connectivity index (χ0n) is 12.0. The zero-order chi connectivity index (χ0) is 14.1. The Labute approximate surface area is 121 Å². The van der Waals surface area contributed by atoms with E-state index in [0.29, 0.717) is 11.7 Å². The maximum Gasteiger partial charge on any atom is 0.171 e. The molecule has 1 atom stereocenters. The molecule has 0 aliphatic heterocycles. The lowest BCUT2D eigenvalue weighted by Crippen LogP contribution is -2.38. The molecule has 0 amide bonds. The van der Waals surface area contributed by atoms with Crippen LogP contribution in [0.25, 0.3) is 0 Å². The van der Waals surface area contributed by atoms with Crippen LogP contribution in [0.4, 0.5) is 5.69 Å². The Morgan fingerprint density at radius 1 is 1.32 bits per heavy atom. The van der Waals surface area contributed by atoms with Crippen molar-refractivity contribution in [1.82, 2.24) is 5.32 Å². The normalized spacial score (nSPS) is 11.9. The fourth-order valence-corrected chi connectivity index (χ4v) is 2.14. The van der Waals surface area contributed by atoms with Gasteiger partial charge >= 0.3 is 0 Å². The first-order chi connectivity index (χ1) is 9.15. The molecule has 0 spiro atoms. The van der Waals surface area contributed by atoms with Crippen molar-refractivity contribution in [1.29, 1.82) is 0 Å². The average molecular weight is 280 g/mol. The SMILES string of the molecule is CCCCc1ccc(NC(=S)NC(C)COC)cc1. The monoisotopic (exact) mass is 280 g/mol. The van der Waals surface area contributed by atoms with Crippen molar-refractivity contribution in [2.75, 3.05) is 19.0 Å². The van der Waals surface area contributed by atoms with E-state index in [-0.39, 0.29) is 6.04 Å². The van der Waals surface area contributed by atoms with Crippen LogP contribution in [0.1, 0.15) is 32.3 Å². The van der Waals surface area contributed by atoms with Gasteiger partial charge in [0.15, 0.2) is 5.11 Å². The van der Waals surface area contributed by atoms with Gasteiger partial charge in [0.1, 0.15) is 0 Å². The number of unbranched alkanes of at least 4 members (excludes halogenated alkanes) is 1. The summed E-state index contributed by atoms with van der Waals surface area (Å²) in [7, 11) is 1.68. The molecule has 0 aliphatic carbocycles. The molecule has 4 heteroatoms. The number of hydrogen-bond acceptors (Lipinski definition) is 2. The third kappa shape index (κ3) is 6.55. The molecule has 2 N–H and O–H groups in total. The summed E-state index contributed by atoms with van der Waals surface area (Å²) in [5, 5.41) is 6.98. The zero-order valence-corrected chi connectivity index (χ0v) is 12.8. The van der Waals surface area contributed by atoms with Gasteiger partial charge in [-0.3, -0.25) is 0 Å². The van der Waals surface area contributed by atoms with Gasteiger partial charge in [0.2, 0.25) is 0 Å². The molecule has 0 saturated carbocycles. The molecule has 1 aromatic carbocycles. The maximum absolute atomic E-state index is 5.25. The second kappa shape index (κ2) is 8.88. The topological polar surface area (TPSA) is 33.3 Å². The second-order valence-electron chi connectivity index (χ2n) is 4.76. The lowest BCUT2D eigenvalue weighted by molar-refractivity contribution is 0.179. The van der Waals surface area contributed by atoms with E-state index in [2.05, 4.69) is 41.8 Å². The highest BCUT2D eigenvalue weighted by atomic mass is 32.1. The summed E-state index contributed by atoms with van der Waals surface area (Å²) in [6.07, 6.45) is 3.61. The molecule has 19 heavy (non-hydrogen) atoms. The summed E-state index contributed by atoms with van der Waals surface area (Å²) >= 11 is 5.25. The van der Waals surface area contributed by atoms with E-state index in [1.165, 1.54) is 18.4 Å². The van der Waals surface area contributed by atoms with E-state index in [1.807, 2.05) is 6.92 Å². The van der Waals surface area contributed by atoms with Crippen molar-refractivity contribution < 1.29 is 4.74 Å². The minimum Gasteiger partial charge on any atom is -0.383 e. The molecule has 0 aliphatic rings. The summed E-state index contributed by atoms with van der Waals surface area (Å²) in [4.78, 5) is 0. The third-order valence-corrected chi connectivity index (χ3v) is 3.04. The van der Waals surface area contributed by atoms with Gasteiger partial charge in [-0.15, -0.1) is 0 Å². The van der Waals surface area contributed by atoms with Gasteiger partial charge in [0, 0.05) is 18.8 Å². The molecule has 1 rings (SSSR count). The molecule has 0 fully saturated rings. The van der Waals surface area contributed by atoms with Crippen molar-refractivity contribution in [2.45, 2.75) is 39.2 Å². The highest BCUT2D eigenvalue weighted by Gasteiger charge is 2.03. The molecule has 0 aromatic heterocycles. The van der Waals surface area contributed by atoms with Crippen LogP contribution in [-0.4, -0.2) is 24.9 Å². The Kier molecular flexibility index (Phi) is 7.45. The smallest absolute Gasteiger partial charge is 0.171 e. The number of rotatable bonds is 7. The summed E-state index contributed by atoms with van der Waals surface area (Å²) in [6, 6.07) is 8.65. The highest BCUT2D eigenvalue weighted by molar-refractivity contribution is 7.80. The van der Waals surface area contributed by atoms with E-state index in [1.54, 1.807) is 7.11 Å². The van der Waals surface area contributed by atoms with Crippen LogP contribution < -0.4 is 10.6 Å². The number of ether oxygens (including phenoxy) is 1. The predicted molar refractivity (Wildman–Crippen MR) is 85.7 cm³/mol. The van der Waals surface area contributed by atoms with Crippen molar-refractivity contribution in [3.8, 4) is 0 Å². The van der Waals surface area contributed by atoms with Crippen molar-refractivity contribution >= 4 is 23.0 Å². The van der Waals surface area contributed by atoms with Gasteiger partial charge in [-0.25, -0.2) is 0 Å². The van der Waals surface area contributed by atoms with Crippen LogP contribution in [-0.2, 0) is 11.2 Å². The highest BCUT2D eigenvalue weighted by Crippen LogP contribution is 2.11. The second-order valence-corrected chi connectivity index (χ2v) is 5.16. The van der Waals surface area contributed by atoms with E-state index in [0.717, 1.165) is 12.1 Å². The van der Waals surface area contributed by atoms with Gasteiger partial charge in [-0.1, -0.05) is 25.5 Å². The van der Waals surface area contributed by atoms with Gasteiger partial charge < -0.3 is 15.4 Å². The first kappa shape index (κ1) is 15.9. The van der Waals surface area contributed by atoms with Crippen molar-refractivity contribution in [3.05, 3.63) is 29.8 Å². The van der Waals surface area contributed by atoms with Crippen LogP contribution >= 0.6 is 12.2 Å². The molecule has 0 bridgehead atoms. The van der Waals surface area contributed by atoms with Gasteiger partial charge in [-0.2, -0.15) is 0 Å². The number of anilines is 1. The lowest BCUT2D eigenvalue weighted by Gasteiger charge is -2.16. The van der Waals surface area contributed by atoms with E-state index < -0.39 is 0 Å². The van der Waals surface area contributed by atoms with Crippen molar-refractivity contribution in [3.63, 3.8) is 0 Å². The Morgan fingerprint density at radius 2 is 2.00 bits per heavy atom. The standard InChI is InChI=1S/C15H24N2OS/c1-4-5-6-13-7-9-14(10-8-13)17-15(19)16-12(2)11-18-3/h7-10,12H,4-6,11H2,1-3H3,(H2,16,17,19). The molecule has 1 unspecified atom stereocenters. The van der Waals surface area contributed by atoms with E-state index in [4.69, 9.17) is 17.0 Å². The summed E-state index contributed by atoms with van der Waals surface area (Å²) in [5.41, 5.74) is 2.39. The minimum absolute atomic E-state index is 0.203. The minimum atomic E-state index is 0.203. The molecular weight excluding hydrogens is 256 g/mol. The number of hydrogen-bond donors (Lipinski definition) is 2. The fraction of sp³-hybridized carbons (Fsp3) is 0.533. The van der Waals surface area contributed by atoms with Crippen LogP contribution in [0.5, 0.6) is 0 Å². The van der Waals surface area contributed by atoms with Gasteiger partial charge in [0.05, 0.1) is 6.61 Å². The third-order valence-electron chi connectivity index (χ3n) is 2.82. The maximum atomic E-state index is 5.25. The van der Waals surface area contributed by atoms with E-state index >= 15 is 0 Å². The molecule has 3 nitrogen and oxygen atoms in total. The molecule has 0 heterocycles. The Hall–Kier alpha value is -1.13. The van der Waals surface area contributed by atoms with Gasteiger partial charge in [-0.05, 0) is 49.7 Å². The van der Waals surface area contributed by atoms with Crippen molar-refractivity contribution in [2.24, 2.45) is 0 Å². The summed E-state index contributed by atoms with van der Waals surface area (Å²) < 4.78 is 5.06. The first-order valence-electron chi connectivity index (χ1n) is 6.81. The van der Waals surface area contributed by atoms with Crippen LogP contribution in [0.15, 0.2) is 24.3 Å². The largest absolute Gasteiger partial charge is 0.383 e. The van der Waals surface area contributed by atoms with Crippen LogP contribution in [0, 0.1) is 0 Å². The Morgan fingerprint density at radius 3 is 2.58 bits per heavy atom. The Balaban J connectivity index is 2.42. The average Bonchev–Trinajstić information content (AvgIpc) is 2.38. The quantitative estimate of drug-likeness (QED) is 0.751. The molecular formula is C15H24N2OS. The molecule has 0 saturated heterocycles. The number of methoxy groups -OCH3 is 1. The first-order valence-corrected chi connectivity index (χ1v) is 7.22. The molecule has 1 aromatic rings. The number of nitrogens with one attached hydrogen (secondary N) is 2. The lowest BCUT2D eigenvalue weighted by atomic mass is 10.1. The molecule has 106 valence electrons. The number of thiocarbonyl (C=S) groups is 1. The fourth-order valence-electron chi connectivity index (χ4n) is 1.82. The Bertz CT molecular complexity index is 378. The summed E-state index contributed by atoms with van der Waals surface area (Å²) in [6.45, 7) is 4.88. The van der Waals surface area contributed by atoms with Crippen LogP contribution in [0.3, 0.4) is 0 Å². The number of aryl methyl sites for hydroxylation is 1. The predicted octanol–water partition coefficient (Wildman–Crippen LogP) is 3.35.